The Labute approximate surface area is 194 Å². The van der Waals surface area contributed by atoms with Crippen molar-refractivity contribution < 1.29 is 19.4 Å². The fraction of sp³-hybridized carbons (Fsp3) is 0.286. The van der Waals surface area contributed by atoms with E-state index >= 15 is 0 Å². The van der Waals surface area contributed by atoms with Gasteiger partial charge in [0.25, 0.3) is 11.7 Å². The number of amides is 1. The molecule has 0 bridgehead atoms. The molecule has 1 atom stereocenters. The highest BCUT2D eigenvalue weighted by molar-refractivity contribution is 6.46. The molecule has 1 unspecified atom stereocenters. The van der Waals surface area contributed by atoms with Crippen molar-refractivity contribution in [2.45, 2.75) is 32.2 Å². The van der Waals surface area contributed by atoms with Gasteiger partial charge < -0.3 is 14.7 Å². The van der Waals surface area contributed by atoms with Crippen LogP contribution in [0.5, 0.6) is 0 Å². The van der Waals surface area contributed by atoms with E-state index in [0.29, 0.717) is 5.56 Å². The van der Waals surface area contributed by atoms with Crippen LogP contribution in [0.4, 0.5) is 0 Å². The van der Waals surface area contributed by atoms with Gasteiger partial charge in [-0.05, 0) is 27.3 Å². The first-order chi connectivity index (χ1) is 15.7. The lowest BCUT2D eigenvalue weighted by atomic mass is 9.85. The molecule has 0 aliphatic carbocycles. The lowest BCUT2D eigenvalue weighted by molar-refractivity contribution is -0.140. The fourth-order valence-corrected chi connectivity index (χ4v) is 4.39. The zero-order valence-corrected chi connectivity index (χ0v) is 19.5. The molecule has 170 valence electrons. The first kappa shape index (κ1) is 22.7. The molecule has 33 heavy (non-hydrogen) atoms. The van der Waals surface area contributed by atoms with Crippen LogP contribution in [-0.2, 0) is 19.7 Å². The third kappa shape index (κ3) is 4.16. The quantitative estimate of drug-likeness (QED) is 0.334. The van der Waals surface area contributed by atoms with Gasteiger partial charge in [-0.3, -0.25) is 9.59 Å². The smallest absolute Gasteiger partial charge is 0.295 e. The van der Waals surface area contributed by atoms with Crippen LogP contribution >= 0.6 is 0 Å². The Hall–Kier alpha value is -3.44. The van der Waals surface area contributed by atoms with Crippen molar-refractivity contribution in [2.24, 2.45) is 0 Å². The van der Waals surface area contributed by atoms with Gasteiger partial charge in [0.2, 0.25) is 0 Å². The SMILES string of the molecule is COCCN1C(=O)C(=O)/C(=C(\O)c2cccc3ccccc23)C1c1ccc(C(C)(C)C)cc1. The number of ketones is 1. The number of hydrogen-bond donors (Lipinski definition) is 1. The second-order valence-electron chi connectivity index (χ2n) is 9.38. The Morgan fingerprint density at radius 2 is 1.64 bits per heavy atom. The predicted molar refractivity (Wildman–Crippen MR) is 130 cm³/mol. The summed E-state index contributed by atoms with van der Waals surface area (Å²) in [5, 5.41) is 13.2. The molecule has 0 aromatic heterocycles. The number of benzene rings is 3. The lowest BCUT2D eigenvalue weighted by Crippen LogP contribution is -2.32. The molecule has 0 radical (unpaired) electrons. The number of aliphatic hydroxyl groups excluding tert-OH is 1. The van der Waals surface area contributed by atoms with Crippen LogP contribution in [0.3, 0.4) is 0 Å². The summed E-state index contributed by atoms with van der Waals surface area (Å²) in [6, 6.07) is 20.5. The molecule has 5 nitrogen and oxygen atoms in total. The summed E-state index contributed by atoms with van der Waals surface area (Å²) in [7, 11) is 1.56. The van der Waals surface area contributed by atoms with E-state index in [0.717, 1.165) is 21.9 Å². The Morgan fingerprint density at radius 3 is 2.30 bits per heavy atom. The molecule has 1 aliphatic heterocycles. The standard InChI is InChI=1S/C28H29NO4/c1-28(2,3)20-14-12-19(13-15-20)24-23(26(31)27(32)29(24)16-17-33-4)25(30)22-11-7-9-18-8-5-6-10-21(18)22/h5-15,24,30H,16-17H2,1-4H3/b25-23-. The molecular weight excluding hydrogens is 414 g/mol. The topological polar surface area (TPSA) is 66.8 Å². The van der Waals surface area contributed by atoms with Gasteiger partial charge >= 0.3 is 0 Å². The average Bonchev–Trinajstić information content (AvgIpc) is 3.06. The minimum atomic E-state index is -0.687. The third-order valence-electron chi connectivity index (χ3n) is 6.21. The average molecular weight is 444 g/mol. The van der Waals surface area contributed by atoms with E-state index in [4.69, 9.17) is 4.74 Å². The Kier molecular flexibility index (Phi) is 6.09. The molecule has 5 heteroatoms. The van der Waals surface area contributed by atoms with Crippen LogP contribution in [0.15, 0.2) is 72.3 Å². The van der Waals surface area contributed by atoms with Crippen molar-refractivity contribution in [1.29, 1.82) is 0 Å². The highest BCUT2D eigenvalue weighted by atomic mass is 16.5. The number of fused-ring (bicyclic) bond motifs is 1. The first-order valence-corrected chi connectivity index (χ1v) is 11.1. The van der Waals surface area contributed by atoms with Crippen LogP contribution < -0.4 is 0 Å². The van der Waals surface area contributed by atoms with Gasteiger partial charge in [0.15, 0.2) is 0 Å². The fourth-order valence-electron chi connectivity index (χ4n) is 4.39. The third-order valence-corrected chi connectivity index (χ3v) is 6.21. The van der Waals surface area contributed by atoms with Gasteiger partial charge in [-0.1, -0.05) is 87.5 Å². The second-order valence-corrected chi connectivity index (χ2v) is 9.38. The number of methoxy groups -OCH3 is 1. The summed E-state index contributed by atoms with van der Waals surface area (Å²) in [6.45, 7) is 6.94. The van der Waals surface area contributed by atoms with E-state index in [9.17, 15) is 14.7 Å². The molecule has 0 spiro atoms. The minimum absolute atomic E-state index is 0.0284. The zero-order chi connectivity index (χ0) is 23.8. The van der Waals surface area contributed by atoms with Gasteiger partial charge in [-0.25, -0.2) is 0 Å². The maximum atomic E-state index is 13.2. The maximum absolute atomic E-state index is 13.2. The molecular formula is C28H29NO4. The number of rotatable bonds is 5. The normalized spacial score (nSPS) is 18.3. The molecule has 1 saturated heterocycles. The van der Waals surface area contributed by atoms with Crippen molar-refractivity contribution in [2.75, 3.05) is 20.3 Å². The highest BCUT2D eigenvalue weighted by Crippen LogP contribution is 2.40. The number of Topliss-reactive ketones (excluding diaryl/α,β-unsaturated/α-hetero) is 1. The van der Waals surface area contributed by atoms with Crippen molar-refractivity contribution in [3.8, 4) is 0 Å². The van der Waals surface area contributed by atoms with E-state index in [-0.39, 0.29) is 29.9 Å². The summed E-state index contributed by atoms with van der Waals surface area (Å²) in [5.41, 5.74) is 2.54. The largest absolute Gasteiger partial charge is 0.507 e. The van der Waals surface area contributed by atoms with Gasteiger partial charge in [0.1, 0.15) is 5.76 Å². The molecule has 4 rings (SSSR count). The number of ether oxygens (including phenoxy) is 1. The van der Waals surface area contributed by atoms with Crippen molar-refractivity contribution in [1.82, 2.24) is 4.90 Å². The van der Waals surface area contributed by atoms with E-state index in [2.05, 4.69) is 20.8 Å². The van der Waals surface area contributed by atoms with E-state index in [1.807, 2.05) is 60.7 Å². The number of carbonyl (C=O) groups is 2. The van der Waals surface area contributed by atoms with Crippen molar-refractivity contribution in [3.63, 3.8) is 0 Å². The van der Waals surface area contributed by atoms with Gasteiger partial charge in [-0.2, -0.15) is 0 Å². The van der Waals surface area contributed by atoms with Crippen LogP contribution in [0.1, 0.15) is 43.5 Å². The maximum Gasteiger partial charge on any atom is 0.295 e. The summed E-state index contributed by atoms with van der Waals surface area (Å²) in [6.07, 6.45) is 0. The van der Waals surface area contributed by atoms with Crippen LogP contribution in [-0.4, -0.2) is 42.0 Å². The van der Waals surface area contributed by atoms with E-state index in [1.54, 1.807) is 13.2 Å². The van der Waals surface area contributed by atoms with Gasteiger partial charge in [0, 0.05) is 19.2 Å². The number of hydrogen-bond acceptors (Lipinski definition) is 4. The molecule has 1 N–H and O–H groups in total. The highest BCUT2D eigenvalue weighted by Gasteiger charge is 2.46. The minimum Gasteiger partial charge on any atom is -0.507 e. The number of likely N-dealkylation sites (tertiary alicyclic amines) is 1. The zero-order valence-electron chi connectivity index (χ0n) is 19.5. The summed E-state index contributed by atoms with van der Waals surface area (Å²) in [4.78, 5) is 27.7. The molecule has 1 amide bonds. The van der Waals surface area contributed by atoms with E-state index < -0.39 is 17.7 Å². The summed E-state index contributed by atoms with van der Waals surface area (Å²) < 4.78 is 5.19. The number of carbonyl (C=O) groups excluding carboxylic acids is 2. The van der Waals surface area contributed by atoms with Gasteiger partial charge in [-0.15, -0.1) is 0 Å². The molecule has 0 saturated carbocycles. The molecule has 3 aromatic rings. The van der Waals surface area contributed by atoms with Crippen molar-refractivity contribution in [3.05, 3.63) is 89.0 Å². The van der Waals surface area contributed by atoms with Crippen LogP contribution in [0, 0.1) is 0 Å². The summed E-state index contributed by atoms with van der Waals surface area (Å²) >= 11 is 0. The monoisotopic (exact) mass is 443 g/mol. The summed E-state index contributed by atoms with van der Waals surface area (Å²) in [5.74, 6) is -1.46. The van der Waals surface area contributed by atoms with Gasteiger partial charge in [0.05, 0.1) is 18.2 Å². The lowest BCUT2D eigenvalue weighted by Gasteiger charge is -2.26. The molecule has 1 aliphatic rings. The Bertz CT molecular complexity index is 1230. The molecule has 1 fully saturated rings. The van der Waals surface area contributed by atoms with E-state index in [1.165, 1.54) is 4.90 Å². The van der Waals surface area contributed by atoms with Crippen LogP contribution in [0.2, 0.25) is 0 Å². The Morgan fingerprint density at radius 1 is 0.970 bits per heavy atom. The van der Waals surface area contributed by atoms with Crippen molar-refractivity contribution >= 4 is 28.2 Å². The molecule has 1 heterocycles. The first-order valence-electron chi connectivity index (χ1n) is 11.1. The molecule has 3 aromatic carbocycles. The Balaban J connectivity index is 1.90. The van der Waals surface area contributed by atoms with Crippen LogP contribution in [0.25, 0.3) is 16.5 Å². The number of aliphatic hydroxyl groups is 1. The number of nitrogens with zero attached hydrogens (tertiary/aromatic N) is 1. The second kappa shape index (κ2) is 8.83. The predicted octanol–water partition coefficient (Wildman–Crippen LogP) is 5.21.